The lowest BCUT2D eigenvalue weighted by Crippen LogP contribution is -2.31. The van der Waals surface area contributed by atoms with Crippen LogP contribution in [0.25, 0.3) is 0 Å². The molecule has 90 valence electrons. The van der Waals surface area contributed by atoms with Gasteiger partial charge in [0.15, 0.2) is 0 Å². The number of Topliss-reactive ketones (excluding diaryl/α,β-unsaturated/α-hetero) is 1. The van der Waals surface area contributed by atoms with Gasteiger partial charge >= 0.3 is 5.97 Å². The topological polar surface area (TPSA) is 43.4 Å². The van der Waals surface area contributed by atoms with E-state index >= 15 is 0 Å². The molecule has 0 saturated heterocycles. The second kappa shape index (κ2) is 4.19. The minimum absolute atomic E-state index is 0.159. The standard InChI is InChI=1S/C13H20O3/c1-9(2)8-16-12(15)10-5-11(14)7-13(6-10)3-4-13/h9-10H,3-8H2,1-2H3. The summed E-state index contributed by atoms with van der Waals surface area (Å²) in [7, 11) is 0. The number of esters is 1. The van der Waals surface area contributed by atoms with Gasteiger partial charge in [-0.1, -0.05) is 13.8 Å². The van der Waals surface area contributed by atoms with Gasteiger partial charge in [0.2, 0.25) is 0 Å². The fourth-order valence-electron chi connectivity index (χ4n) is 2.52. The Kier molecular flexibility index (Phi) is 3.04. The lowest BCUT2D eigenvalue weighted by Gasteiger charge is -2.26. The molecule has 2 saturated carbocycles. The van der Waals surface area contributed by atoms with Gasteiger partial charge < -0.3 is 4.74 Å². The molecule has 0 aromatic rings. The third-order valence-corrected chi connectivity index (χ3v) is 3.58. The van der Waals surface area contributed by atoms with E-state index in [9.17, 15) is 9.59 Å². The van der Waals surface area contributed by atoms with Gasteiger partial charge in [-0.25, -0.2) is 0 Å². The molecule has 0 aliphatic heterocycles. The number of hydrogen-bond acceptors (Lipinski definition) is 3. The SMILES string of the molecule is CC(C)COC(=O)C1CC(=O)CC2(CC2)C1. The predicted molar refractivity (Wildman–Crippen MR) is 59.8 cm³/mol. The second-order valence-corrected chi connectivity index (χ2v) is 5.84. The number of hydrogen-bond donors (Lipinski definition) is 0. The summed E-state index contributed by atoms with van der Waals surface area (Å²) in [5.41, 5.74) is 0.191. The molecule has 0 radical (unpaired) electrons. The van der Waals surface area contributed by atoms with Crippen molar-refractivity contribution in [3.8, 4) is 0 Å². The van der Waals surface area contributed by atoms with Crippen LogP contribution in [0.5, 0.6) is 0 Å². The van der Waals surface area contributed by atoms with Crippen molar-refractivity contribution >= 4 is 11.8 Å². The Hall–Kier alpha value is -0.860. The quantitative estimate of drug-likeness (QED) is 0.691. The molecule has 0 aromatic heterocycles. The monoisotopic (exact) mass is 224 g/mol. The van der Waals surface area contributed by atoms with Crippen LogP contribution in [0.3, 0.4) is 0 Å². The maximum absolute atomic E-state index is 11.8. The van der Waals surface area contributed by atoms with Gasteiger partial charge in [-0.05, 0) is 30.6 Å². The van der Waals surface area contributed by atoms with Crippen LogP contribution < -0.4 is 0 Å². The highest BCUT2D eigenvalue weighted by Crippen LogP contribution is 2.56. The van der Waals surface area contributed by atoms with E-state index in [0.29, 0.717) is 25.4 Å². The Balaban J connectivity index is 1.88. The molecule has 2 fully saturated rings. The van der Waals surface area contributed by atoms with Crippen LogP contribution in [0, 0.1) is 17.3 Å². The summed E-state index contributed by atoms with van der Waals surface area (Å²) < 4.78 is 5.22. The van der Waals surface area contributed by atoms with E-state index in [-0.39, 0.29) is 23.1 Å². The summed E-state index contributed by atoms with van der Waals surface area (Å²) in [5, 5.41) is 0. The molecule has 3 nitrogen and oxygen atoms in total. The fraction of sp³-hybridized carbons (Fsp3) is 0.846. The first kappa shape index (κ1) is 11.6. The number of carbonyl (C=O) groups excluding carboxylic acids is 2. The van der Waals surface area contributed by atoms with Gasteiger partial charge in [0.05, 0.1) is 12.5 Å². The lowest BCUT2D eigenvalue weighted by molar-refractivity contribution is -0.153. The summed E-state index contributed by atoms with van der Waals surface area (Å²) in [6.45, 7) is 4.50. The first-order chi connectivity index (χ1) is 7.51. The van der Waals surface area contributed by atoms with Gasteiger partial charge in [0.1, 0.15) is 5.78 Å². The van der Waals surface area contributed by atoms with Gasteiger partial charge in [-0.2, -0.15) is 0 Å². The van der Waals surface area contributed by atoms with Crippen molar-refractivity contribution in [2.75, 3.05) is 6.61 Å². The van der Waals surface area contributed by atoms with Crippen LogP contribution in [0.15, 0.2) is 0 Å². The summed E-state index contributed by atoms with van der Waals surface area (Å²) in [6, 6.07) is 0. The van der Waals surface area contributed by atoms with Crippen molar-refractivity contribution in [3.05, 3.63) is 0 Å². The van der Waals surface area contributed by atoms with Crippen LogP contribution in [0.2, 0.25) is 0 Å². The van der Waals surface area contributed by atoms with E-state index in [2.05, 4.69) is 0 Å². The smallest absolute Gasteiger partial charge is 0.309 e. The van der Waals surface area contributed by atoms with E-state index in [1.54, 1.807) is 0 Å². The molecule has 2 rings (SSSR count). The van der Waals surface area contributed by atoms with Crippen LogP contribution in [-0.4, -0.2) is 18.4 Å². The average Bonchev–Trinajstić information content (AvgIpc) is 2.92. The van der Waals surface area contributed by atoms with Crippen LogP contribution in [0.4, 0.5) is 0 Å². The average molecular weight is 224 g/mol. The normalized spacial score (nSPS) is 27.2. The van der Waals surface area contributed by atoms with Crippen LogP contribution >= 0.6 is 0 Å². The zero-order valence-corrected chi connectivity index (χ0v) is 10.1. The minimum atomic E-state index is -0.164. The number of rotatable bonds is 3. The minimum Gasteiger partial charge on any atom is -0.465 e. The van der Waals surface area contributed by atoms with E-state index in [1.807, 2.05) is 13.8 Å². The fourth-order valence-corrected chi connectivity index (χ4v) is 2.52. The highest BCUT2D eigenvalue weighted by molar-refractivity contribution is 5.86. The van der Waals surface area contributed by atoms with E-state index in [4.69, 9.17) is 4.74 Å². The van der Waals surface area contributed by atoms with E-state index in [1.165, 1.54) is 0 Å². The molecule has 16 heavy (non-hydrogen) atoms. The number of carbonyl (C=O) groups is 2. The molecule has 0 heterocycles. The molecule has 0 N–H and O–H groups in total. The third-order valence-electron chi connectivity index (χ3n) is 3.58. The van der Waals surface area contributed by atoms with Crippen molar-refractivity contribution in [2.24, 2.45) is 17.3 Å². The molecule has 2 aliphatic carbocycles. The third kappa shape index (κ3) is 2.63. The summed E-state index contributed by atoms with van der Waals surface area (Å²) in [4.78, 5) is 23.4. The molecule has 0 aromatic carbocycles. The van der Waals surface area contributed by atoms with Crippen molar-refractivity contribution in [3.63, 3.8) is 0 Å². The highest BCUT2D eigenvalue weighted by Gasteiger charge is 2.50. The molecular weight excluding hydrogens is 204 g/mol. The first-order valence-corrected chi connectivity index (χ1v) is 6.19. The molecular formula is C13H20O3. The van der Waals surface area contributed by atoms with Gasteiger partial charge in [0, 0.05) is 12.8 Å². The summed E-state index contributed by atoms with van der Waals surface area (Å²) in [5.74, 6) is 0.281. The molecule has 3 heteroatoms. The lowest BCUT2D eigenvalue weighted by atomic mass is 9.78. The van der Waals surface area contributed by atoms with Crippen molar-refractivity contribution in [1.29, 1.82) is 0 Å². The van der Waals surface area contributed by atoms with Crippen LogP contribution in [0.1, 0.15) is 46.0 Å². The number of ketones is 1. The summed E-state index contributed by atoms with van der Waals surface area (Å²) >= 11 is 0. The second-order valence-electron chi connectivity index (χ2n) is 5.84. The summed E-state index contributed by atoms with van der Waals surface area (Å²) in [6.07, 6.45) is 4.20. The molecule has 1 spiro atoms. The van der Waals surface area contributed by atoms with Crippen molar-refractivity contribution < 1.29 is 14.3 Å². The maximum atomic E-state index is 11.8. The Morgan fingerprint density at radius 1 is 1.50 bits per heavy atom. The van der Waals surface area contributed by atoms with Gasteiger partial charge in [0.25, 0.3) is 0 Å². The Morgan fingerprint density at radius 3 is 2.75 bits per heavy atom. The Labute approximate surface area is 96.5 Å². The predicted octanol–water partition coefficient (Wildman–Crippen LogP) is 2.33. The Morgan fingerprint density at radius 2 is 2.19 bits per heavy atom. The Bertz CT molecular complexity index is 302. The zero-order chi connectivity index (χ0) is 11.8. The van der Waals surface area contributed by atoms with E-state index in [0.717, 1.165) is 19.3 Å². The molecule has 1 atom stereocenters. The van der Waals surface area contributed by atoms with Crippen molar-refractivity contribution in [1.82, 2.24) is 0 Å². The molecule has 1 unspecified atom stereocenters. The van der Waals surface area contributed by atoms with Gasteiger partial charge in [-0.15, -0.1) is 0 Å². The van der Waals surface area contributed by atoms with E-state index < -0.39 is 0 Å². The molecule has 0 bridgehead atoms. The number of ether oxygens (including phenoxy) is 1. The molecule has 0 amide bonds. The highest BCUT2D eigenvalue weighted by atomic mass is 16.5. The van der Waals surface area contributed by atoms with Crippen LogP contribution in [-0.2, 0) is 14.3 Å². The molecule has 2 aliphatic rings. The first-order valence-electron chi connectivity index (χ1n) is 6.19. The van der Waals surface area contributed by atoms with Gasteiger partial charge in [-0.3, -0.25) is 9.59 Å². The van der Waals surface area contributed by atoms with Crippen molar-refractivity contribution in [2.45, 2.75) is 46.0 Å². The largest absolute Gasteiger partial charge is 0.465 e. The maximum Gasteiger partial charge on any atom is 0.309 e. The zero-order valence-electron chi connectivity index (χ0n) is 10.1.